The highest BCUT2D eigenvalue weighted by Crippen LogP contribution is 2.31. The van der Waals surface area contributed by atoms with E-state index in [0.717, 1.165) is 18.5 Å². The minimum absolute atomic E-state index is 0.0760. The Morgan fingerprint density at radius 1 is 1.32 bits per heavy atom. The Morgan fingerprint density at radius 3 is 2.54 bits per heavy atom. The van der Waals surface area contributed by atoms with E-state index in [-0.39, 0.29) is 29.6 Å². The first-order chi connectivity index (χ1) is 13.4. The number of nitrogens with one attached hydrogen (secondary N) is 1. The summed E-state index contributed by atoms with van der Waals surface area (Å²) in [6, 6.07) is 2.22. The van der Waals surface area contributed by atoms with Gasteiger partial charge in [0.1, 0.15) is 11.8 Å². The van der Waals surface area contributed by atoms with Crippen LogP contribution < -0.4 is 15.1 Å². The molecule has 0 bridgehead atoms. The lowest BCUT2D eigenvalue weighted by Gasteiger charge is -2.34. The van der Waals surface area contributed by atoms with Crippen LogP contribution in [0.25, 0.3) is 0 Å². The summed E-state index contributed by atoms with van der Waals surface area (Å²) in [7, 11) is 1.41. The van der Waals surface area contributed by atoms with Gasteiger partial charge in [0.05, 0.1) is 25.9 Å². The van der Waals surface area contributed by atoms with Crippen molar-refractivity contribution < 1.29 is 27.8 Å². The molecule has 1 atom stereocenters. The number of piperazine rings is 1. The zero-order chi connectivity index (χ0) is 20.3. The van der Waals surface area contributed by atoms with Gasteiger partial charge >= 0.3 is 6.09 Å². The van der Waals surface area contributed by atoms with E-state index in [9.17, 15) is 18.4 Å². The van der Waals surface area contributed by atoms with Crippen LogP contribution in [0.3, 0.4) is 0 Å². The average Bonchev–Trinajstić information content (AvgIpc) is 3.06. The number of anilines is 2. The number of ether oxygens (including phenoxy) is 2. The quantitative estimate of drug-likeness (QED) is 0.571. The van der Waals surface area contributed by atoms with E-state index in [2.05, 4.69) is 5.32 Å². The third-order valence-corrected chi connectivity index (χ3v) is 4.94. The van der Waals surface area contributed by atoms with Gasteiger partial charge in [-0.3, -0.25) is 9.69 Å². The fourth-order valence-electron chi connectivity index (χ4n) is 3.17. The summed E-state index contributed by atoms with van der Waals surface area (Å²) in [5.41, 5.74) is -0.0855. The number of benzene rings is 1. The van der Waals surface area contributed by atoms with Crippen molar-refractivity contribution in [2.45, 2.75) is 6.10 Å². The van der Waals surface area contributed by atoms with Crippen molar-refractivity contribution >= 4 is 41.3 Å². The Labute approximate surface area is 166 Å². The molecule has 1 N–H and O–H groups in total. The van der Waals surface area contributed by atoms with Crippen molar-refractivity contribution in [2.75, 3.05) is 56.2 Å². The summed E-state index contributed by atoms with van der Waals surface area (Å²) < 4.78 is 39.3. The Kier molecular flexibility index (Phi) is 6.12. The number of nitrogens with zero attached hydrogens (tertiary/aromatic N) is 3. The zero-order valence-electron chi connectivity index (χ0n) is 15.2. The molecule has 152 valence electrons. The number of methoxy groups -OCH3 is 1. The van der Waals surface area contributed by atoms with E-state index in [1.54, 1.807) is 9.80 Å². The molecule has 2 aliphatic rings. The van der Waals surface area contributed by atoms with E-state index >= 15 is 0 Å². The standard InChI is InChI=1S/C17H20F2N4O4S/c1-26-16(28)20-8-12-9-23(17(25)27-12)11-6-13(18)15(14(19)7-11)22-4-2-21(10-24)3-5-22/h6-7,10,12H,2-5,8-9H2,1H3,(H,20,28)/t12-/m0/s1. The van der Waals surface area contributed by atoms with Crippen LogP contribution in [-0.2, 0) is 14.3 Å². The summed E-state index contributed by atoms with van der Waals surface area (Å²) >= 11 is 4.85. The zero-order valence-corrected chi connectivity index (χ0v) is 16.0. The first-order valence-electron chi connectivity index (χ1n) is 8.66. The first-order valence-corrected chi connectivity index (χ1v) is 9.07. The van der Waals surface area contributed by atoms with Crippen molar-refractivity contribution in [3.8, 4) is 0 Å². The number of cyclic esters (lactones) is 1. The number of thiocarbonyl (C=S) groups is 1. The molecule has 2 aliphatic heterocycles. The van der Waals surface area contributed by atoms with Crippen LogP contribution in [0.15, 0.2) is 12.1 Å². The Bertz CT molecular complexity index is 751. The lowest BCUT2D eigenvalue weighted by atomic mass is 10.2. The highest BCUT2D eigenvalue weighted by atomic mass is 32.1. The van der Waals surface area contributed by atoms with Crippen molar-refractivity contribution in [3.05, 3.63) is 23.8 Å². The van der Waals surface area contributed by atoms with Gasteiger partial charge in [-0.1, -0.05) is 0 Å². The van der Waals surface area contributed by atoms with E-state index in [1.165, 1.54) is 12.0 Å². The lowest BCUT2D eigenvalue weighted by Crippen LogP contribution is -2.46. The van der Waals surface area contributed by atoms with Crippen LogP contribution in [0.5, 0.6) is 0 Å². The maximum absolute atomic E-state index is 14.7. The molecule has 8 nitrogen and oxygen atoms in total. The molecule has 1 aromatic rings. The second-order valence-corrected chi connectivity index (χ2v) is 6.75. The minimum atomic E-state index is -0.774. The normalized spacial score (nSPS) is 19.5. The molecule has 28 heavy (non-hydrogen) atoms. The molecule has 2 amide bonds. The summed E-state index contributed by atoms with van der Waals surface area (Å²) in [6.45, 7) is 1.77. The molecule has 0 aliphatic carbocycles. The van der Waals surface area contributed by atoms with Crippen LogP contribution in [0.2, 0.25) is 0 Å². The van der Waals surface area contributed by atoms with Gasteiger partial charge < -0.3 is 24.6 Å². The van der Waals surface area contributed by atoms with Crippen LogP contribution >= 0.6 is 12.2 Å². The number of halogens is 2. The topological polar surface area (TPSA) is 74.4 Å². The molecule has 0 unspecified atom stereocenters. The highest BCUT2D eigenvalue weighted by Gasteiger charge is 2.34. The molecule has 3 rings (SSSR count). The van der Waals surface area contributed by atoms with Gasteiger partial charge in [-0.2, -0.15) is 0 Å². The molecule has 2 fully saturated rings. The largest absolute Gasteiger partial charge is 0.474 e. The number of hydrogen-bond acceptors (Lipinski definition) is 6. The van der Waals surface area contributed by atoms with Crippen LogP contribution in [0.4, 0.5) is 25.0 Å². The molecule has 0 aromatic heterocycles. The second-order valence-electron chi connectivity index (χ2n) is 6.38. The van der Waals surface area contributed by atoms with Gasteiger partial charge in [-0.25, -0.2) is 13.6 Å². The van der Waals surface area contributed by atoms with Crippen molar-refractivity contribution in [1.82, 2.24) is 10.2 Å². The third-order valence-electron chi connectivity index (χ3n) is 4.63. The summed E-state index contributed by atoms with van der Waals surface area (Å²) in [5, 5.41) is 2.93. The number of carbonyl (C=O) groups excluding carboxylic acids is 2. The second kappa shape index (κ2) is 8.55. The van der Waals surface area contributed by atoms with Crippen molar-refractivity contribution in [3.63, 3.8) is 0 Å². The number of amides is 2. The fourth-order valence-corrected chi connectivity index (χ4v) is 3.25. The predicted octanol–water partition coefficient (Wildman–Crippen LogP) is 1.09. The molecular formula is C17H20F2N4O4S. The van der Waals surface area contributed by atoms with Gasteiger partial charge in [0, 0.05) is 38.3 Å². The van der Waals surface area contributed by atoms with E-state index in [0.29, 0.717) is 26.2 Å². The molecule has 11 heteroatoms. The third kappa shape index (κ3) is 4.24. The minimum Gasteiger partial charge on any atom is -0.474 e. The molecule has 0 radical (unpaired) electrons. The van der Waals surface area contributed by atoms with E-state index in [4.69, 9.17) is 21.7 Å². The molecule has 2 heterocycles. The Morgan fingerprint density at radius 2 is 1.96 bits per heavy atom. The maximum Gasteiger partial charge on any atom is 0.414 e. The molecule has 0 spiro atoms. The smallest absolute Gasteiger partial charge is 0.414 e. The Hall–Kier alpha value is -2.69. The van der Waals surface area contributed by atoms with Crippen molar-refractivity contribution in [1.29, 1.82) is 0 Å². The molecule has 2 saturated heterocycles. The lowest BCUT2D eigenvalue weighted by molar-refractivity contribution is -0.118. The van der Waals surface area contributed by atoms with Gasteiger partial charge in [0.25, 0.3) is 5.17 Å². The van der Waals surface area contributed by atoms with E-state index in [1.807, 2.05) is 0 Å². The maximum atomic E-state index is 14.7. The number of carbonyl (C=O) groups is 2. The molecule has 0 saturated carbocycles. The average molecular weight is 414 g/mol. The van der Waals surface area contributed by atoms with Crippen molar-refractivity contribution in [2.24, 2.45) is 0 Å². The SMILES string of the molecule is COC(=S)NC[C@H]1CN(c2cc(F)c(N3CCN(C=O)CC3)c(F)c2)C(=O)O1. The summed E-state index contributed by atoms with van der Waals surface area (Å²) in [6.07, 6.45) is -0.513. The molecule has 1 aromatic carbocycles. The Balaban J connectivity index is 1.71. The van der Waals surface area contributed by atoms with Crippen LogP contribution in [-0.4, -0.2) is 75.1 Å². The molecular weight excluding hydrogens is 394 g/mol. The number of hydrogen-bond donors (Lipinski definition) is 1. The number of rotatable bonds is 5. The summed E-state index contributed by atoms with van der Waals surface area (Å²) in [4.78, 5) is 27.1. The first kappa shape index (κ1) is 20.1. The highest BCUT2D eigenvalue weighted by molar-refractivity contribution is 7.80. The van der Waals surface area contributed by atoms with Gasteiger partial charge in [0.2, 0.25) is 6.41 Å². The van der Waals surface area contributed by atoms with Gasteiger partial charge in [0.15, 0.2) is 11.6 Å². The van der Waals surface area contributed by atoms with Crippen LogP contribution in [0, 0.1) is 11.6 Å². The fraction of sp³-hybridized carbons (Fsp3) is 0.471. The van der Waals surface area contributed by atoms with Crippen LogP contribution in [0.1, 0.15) is 0 Å². The van der Waals surface area contributed by atoms with E-state index < -0.39 is 23.8 Å². The summed E-state index contributed by atoms with van der Waals surface area (Å²) in [5.74, 6) is -1.55. The monoisotopic (exact) mass is 414 g/mol. The predicted molar refractivity (Wildman–Crippen MR) is 101 cm³/mol. The van der Waals surface area contributed by atoms with Gasteiger partial charge in [-0.15, -0.1) is 0 Å². The van der Waals surface area contributed by atoms with Gasteiger partial charge in [-0.05, 0) is 12.2 Å².